The molecule has 176 valence electrons. The van der Waals surface area contributed by atoms with E-state index in [9.17, 15) is 14.9 Å². The topological polar surface area (TPSA) is 117 Å². The van der Waals surface area contributed by atoms with Crippen molar-refractivity contribution in [2.75, 3.05) is 24.8 Å². The lowest BCUT2D eigenvalue weighted by Crippen LogP contribution is -2.20. The monoisotopic (exact) mass is 486 g/mol. The van der Waals surface area contributed by atoms with Crippen LogP contribution in [0.15, 0.2) is 70.6 Å². The Kier molecular flexibility index (Phi) is 7.33. The second-order valence-corrected chi connectivity index (χ2v) is 8.16. The summed E-state index contributed by atoms with van der Waals surface area (Å²) in [5.74, 6) is 0.414. The van der Waals surface area contributed by atoms with Crippen LogP contribution >= 0.6 is 11.8 Å². The minimum atomic E-state index is -0.509. The average Bonchev–Trinajstić information content (AvgIpc) is 2.87. The number of thioether (sulfide) groups is 1. The highest BCUT2D eigenvalue weighted by molar-refractivity contribution is 7.98. The molecule has 0 saturated heterocycles. The maximum absolute atomic E-state index is 12.6. The summed E-state index contributed by atoms with van der Waals surface area (Å²) in [6, 6.07) is 20.3. The molecule has 8 nitrogen and oxygen atoms in total. The van der Waals surface area contributed by atoms with E-state index in [0.717, 1.165) is 10.8 Å². The summed E-state index contributed by atoms with van der Waals surface area (Å²) in [5.41, 5.74) is 0.880. The van der Waals surface area contributed by atoms with Crippen LogP contribution in [0.4, 0.5) is 5.69 Å². The lowest BCUT2D eigenvalue weighted by Gasteiger charge is -2.14. The van der Waals surface area contributed by atoms with Crippen molar-refractivity contribution in [2.45, 2.75) is 12.1 Å². The highest BCUT2D eigenvalue weighted by Gasteiger charge is 2.17. The van der Waals surface area contributed by atoms with Crippen molar-refractivity contribution in [1.82, 2.24) is 9.97 Å². The molecule has 35 heavy (non-hydrogen) atoms. The van der Waals surface area contributed by atoms with Gasteiger partial charge in [-0.25, -0.2) is 4.98 Å². The summed E-state index contributed by atoms with van der Waals surface area (Å²) in [6.45, 7) is 1.94. The van der Waals surface area contributed by atoms with Gasteiger partial charge in [0.05, 0.1) is 12.3 Å². The quantitative estimate of drug-likeness (QED) is 0.276. The summed E-state index contributed by atoms with van der Waals surface area (Å²) in [4.78, 5) is 31.9. The zero-order valence-corrected chi connectivity index (χ0v) is 19.9. The van der Waals surface area contributed by atoms with Crippen LogP contribution in [-0.2, 0) is 4.79 Å². The largest absolute Gasteiger partial charge is 0.490 e. The molecule has 0 saturated carbocycles. The Bertz CT molecular complexity index is 1490. The molecular weight excluding hydrogens is 464 g/mol. The van der Waals surface area contributed by atoms with Crippen LogP contribution in [0.1, 0.15) is 12.5 Å². The van der Waals surface area contributed by atoms with Crippen molar-refractivity contribution < 1.29 is 14.3 Å². The van der Waals surface area contributed by atoms with Crippen LogP contribution in [0.5, 0.6) is 11.5 Å². The maximum Gasteiger partial charge on any atom is 0.270 e. The van der Waals surface area contributed by atoms with E-state index in [1.165, 1.54) is 11.8 Å². The van der Waals surface area contributed by atoms with Crippen molar-refractivity contribution in [3.63, 3.8) is 0 Å². The van der Waals surface area contributed by atoms with Crippen molar-refractivity contribution in [1.29, 1.82) is 5.26 Å². The average molecular weight is 487 g/mol. The van der Waals surface area contributed by atoms with Gasteiger partial charge in [-0.2, -0.15) is 5.26 Å². The van der Waals surface area contributed by atoms with Gasteiger partial charge in [0, 0.05) is 16.6 Å². The highest BCUT2D eigenvalue weighted by Crippen LogP contribution is 2.33. The number of ether oxygens (including phenoxy) is 2. The predicted octanol–water partition coefficient (Wildman–Crippen LogP) is 4.60. The molecule has 0 fully saturated rings. The summed E-state index contributed by atoms with van der Waals surface area (Å²) in [5, 5.41) is 14.7. The molecule has 4 rings (SSSR count). The minimum absolute atomic E-state index is 0.0895. The SMILES string of the molecule is CCOc1cc(-c2nc(SC)[nH]c(=O)c2C#N)ccc1OCC(=O)Nc1cccc2ccccc12. The van der Waals surface area contributed by atoms with Gasteiger partial charge in [0.15, 0.2) is 23.3 Å². The molecule has 0 radical (unpaired) electrons. The van der Waals surface area contributed by atoms with Gasteiger partial charge < -0.3 is 19.8 Å². The minimum Gasteiger partial charge on any atom is -0.490 e. The summed E-state index contributed by atoms with van der Waals surface area (Å²) in [7, 11) is 0. The van der Waals surface area contributed by atoms with E-state index in [-0.39, 0.29) is 23.8 Å². The van der Waals surface area contributed by atoms with Crippen molar-refractivity contribution in [3.8, 4) is 28.8 Å². The van der Waals surface area contributed by atoms with Crippen LogP contribution in [0.3, 0.4) is 0 Å². The molecule has 1 heterocycles. The number of fused-ring (bicyclic) bond motifs is 1. The van der Waals surface area contributed by atoms with E-state index in [2.05, 4.69) is 15.3 Å². The fourth-order valence-corrected chi connectivity index (χ4v) is 3.95. The van der Waals surface area contributed by atoms with Crippen molar-refractivity contribution >= 4 is 34.1 Å². The third kappa shape index (κ3) is 5.28. The van der Waals surface area contributed by atoms with E-state index >= 15 is 0 Å². The number of hydrogen-bond donors (Lipinski definition) is 2. The van der Waals surface area contributed by atoms with E-state index in [0.29, 0.717) is 34.5 Å². The van der Waals surface area contributed by atoms with Crippen LogP contribution in [-0.4, -0.2) is 35.3 Å². The lowest BCUT2D eigenvalue weighted by atomic mass is 10.1. The number of hydrogen-bond acceptors (Lipinski definition) is 7. The first-order valence-corrected chi connectivity index (χ1v) is 12.0. The fraction of sp³-hybridized carbons (Fsp3) is 0.154. The zero-order valence-electron chi connectivity index (χ0n) is 19.1. The number of anilines is 1. The lowest BCUT2D eigenvalue weighted by molar-refractivity contribution is -0.118. The molecule has 0 spiro atoms. The van der Waals surface area contributed by atoms with Gasteiger partial charge in [0.2, 0.25) is 0 Å². The molecule has 0 unspecified atom stereocenters. The van der Waals surface area contributed by atoms with Crippen molar-refractivity contribution in [2.24, 2.45) is 0 Å². The number of rotatable bonds is 8. The Morgan fingerprint density at radius 2 is 1.91 bits per heavy atom. The molecule has 0 atom stereocenters. The van der Waals surface area contributed by atoms with Crippen LogP contribution in [0.2, 0.25) is 0 Å². The molecule has 0 aliphatic rings. The number of nitrogens with zero attached hydrogens (tertiary/aromatic N) is 2. The first-order chi connectivity index (χ1) is 17.0. The molecule has 0 aliphatic carbocycles. The van der Waals surface area contributed by atoms with Crippen LogP contribution < -0.4 is 20.3 Å². The van der Waals surface area contributed by atoms with Gasteiger partial charge in [0.25, 0.3) is 11.5 Å². The first kappa shape index (κ1) is 23.9. The molecule has 2 N–H and O–H groups in total. The van der Waals surface area contributed by atoms with Gasteiger partial charge in [-0.05, 0) is 42.8 Å². The summed E-state index contributed by atoms with van der Waals surface area (Å²) >= 11 is 1.26. The fourth-order valence-electron chi connectivity index (χ4n) is 3.57. The molecule has 9 heteroatoms. The molecule has 0 aliphatic heterocycles. The van der Waals surface area contributed by atoms with Crippen LogP contribution in [0, 0.1) is 11.3 Å². The van der Waals surface area contributed by atoms with E-state index in [4.69, 9.17) is 9.47 Å². The number of aromatic amines is 1. The maximum atomic E-state index is 12.6. The van der Waals surface area contributed by atoms with Gasteiger partial charge >= 0.3 is 0 Å². The van der Waals surface area contributed by atoms with E-state index < -0.39 is 5.56 Å². The summed E-state index contributed by atoms with van der Waals surface area (Å²) in [6.07, 6.45) is 1.78. The smallest absolute Gasteiger partial charge is 0.270 e. The molecule has 4 aromatic rings. The Hall–Kier alpha value is -4.29. The molecular formula is C26H22N4O4S. The van der Waals surface area contributed by atoms with Crippen molar-refractivity contribution in [3.05, 3.63) is 76.6 Å². The Morgan fingerprint density at radius 1 is 1.11 bits per heavy atom. The predicted molar refractivity (Wildman–Crippen MR) is 136 cm³/mol. The second kappa shape index (κ2) is 10.8. The van der Waals surface area contributed by atoms with Gasteiger partial charge in [-0.15, -0.1) is 0 Å². The zero-order chi connectivity index (χ0) is 24.8. The number of H-pyrrole nitrogens is 1. The second-order valence-electron chi connectivity index (χ2n) is 7.37. The molecule has 1 amide bonds. The number of amides is 1. The number of benzene rings is 3. The molecule has 3 aromatic carbocycles. The van der Waals surface area contributed by atoms with Crippen LogP contribution in [0.25, 0.3) is 22.0 Å². The number of carbonyl (C=O) groups excluding carboxylic acids is 1. The Balaban J connectivity index is 1.56. The third-order valence-corrected chi connectivity index (χ3v) is 5.72. The third-order valence-electron chi connectivity index (χ3n) is 5.14. The normalized spacial score (nSPS) is 10.5. The van der Waals surface area contributed by atoms with Gasteiger partial charge in [0.1, 0.15) is 11.6 Å². The molecule has 0 bridgehead atoms. The Labute approximate surface area is 205 Å². The number of aromatic nitrogens is 2. The van der Waals surface area contributed by atoms with Gasteiger partial charge in [-0.1, -0.05) is 48.2 Å². The number of nitriles is 1. The van der Waals surface area contributed by atoms with E-state index in [1.807, 2.05) is 55.5 Å². The standard InChI is InChI=1S/C26H22N4O4S/c1-3-33-22-13-17(24-19(14-27)25(32)30-26(29-24)35-2)11-12-21(22)34-15-23(31)28-20-10-6-8-16-7-4-5-9-18(16)20/h4-13H,3,15H2,1-2H3,(H,28,31)(H,29,30,32). The molecule has 1 aromatic heterocycles. The van der Waals surface area contributed by atoms with Gasteiger partial charge in [-0.3, -0.25) is 9.59 Å². The number of carbonyl (C=O) groups is 1. The number of nitrogens with one attached hydrogen (secondary N) is 2. The summed E-state index contributed by atoms with van der Waals surface area (Å²) < 4.78 is 11.5. The first-order valence-electron chi connectivity index (χ1n) is 10.8. The van der Waals surface area contributed by atoms with E-state index in [1.54, 1.807) is 24.5 Å². The Morgan fingerprint density at radius 3 is 2.69 bits per heavy atom. The highest BCUT2D eigenvalue weighted by atomic mass is 32.2.